The Kier molecular flexibility index (Phi) is 29.4. The molecule has 0 radical (unpaired) electrons. The molecule has 0 bridgehead atoms. The highest BCUT2D eigenvalue weighted by atomic mass is 32.3. The van der Waals surface area contributed by atoms with Crippen LogP contribution in [0.1, 0.15) is 102 Å². The van der Waals surface area contributed by atoms with E-state index in [0.29, 0.717) is 75.1 Å². The topological polar surface area (TPSA) is 470 Å². The SMILES string of the molecule is Cc1ccc(S(=O)(=O)CCC(=O)c2ccc(C(=O)CCCOCCOCCOCCOCc3cn(COCCOCCOCCCC(=O)c4ccc(O[C@@H]5O[C@H](CO)[C@H](O)[C@H](O)[C@H]5O)c(OS(=O)(=O)Oc5ccc(COc6c7c(cc8c6C(=O)N[C@H]6[C@H](O)[C@H](O)[C@@H](O)[C@H](O)[C@H]86)OCO7)cc5)c4)nn3)cc2)cc1. The van der Waals surface area contributed by atoms with Gasteiger partial charge in [0.25, 0.3) is 5.91 Å². The average molecular weight is 1540 g/mol. The number of fused-ring (bicyclic) bond motifs is 4. The van der Waals surface area contributed by atoms with Crippen molar-refractivity contribution in [2.75, 3.05) is 98.4 Å². The van der Waals surface area contributed by atoms with Crippen molar-refractivity contribution >= 4 is 43.5 Å². The Labute approximate surface area is 615 Å². The first-order valence-electron chi connectivity index (χ1n) is 34.4. The number of amides is 1. The van der Waals surface area contributed by atoms with Gasteiger partial charge in [0.15, 0.2) is 50.2 Å². The predicted molar refractivity (Wildman–Crippen MR) is 368 cm³/mol. The molecule has 2 fully saturated rings. The first-order chi connectivity index (χ1) is 51.5. The molecular weight excluding hydrogens is 1450 g/mol. The van der Waals surface area contributed by atoms with Gasteiger partial charge in [-0.15, -0.1) is 13.5 Å². The van der Waals surface area contributed by atoms with E-state index in [4.69, 9.17) is 65.2 Å². The van der Waals surface area contributed by atoms with E-state index in [1.54, 1.807) is 42.6 Å². The zero-order valence-corrected chi connectivity index (χ0v) is 59.8. The third-order valence-electron chi connectivity index (χ3n) is 17.6. The number of hydrogen-bond acceptors (Lipinski definition) is 32. The molecule has 3 aliphatic heterocycles. The molecule has 5 aromatic carbocycles. The minimum Gasteiger partial charge on any atom is -0.484 e. The number of Topliss-reactive ketones (excluding diaryl/α,β-unsaturated/α-hetero) is 3. The molecule has 1 aliphatic carbocycles. The first kappa shape index (κ1) is 81.3. The molecule has 0 spiro atoms. The lowest BCUT2D eigenvalue weighted by atomic mass is 9.70. The van der Waals surface area contributed by atoms with Crippen molar-refractivity contribution in [2.45, 2.75) is 131 Å². The number of aromatic nitrogens is 3. The van der Waals surface area contributed by atoms with Crippen molar-refractivity contribution in [3.63, 3.8) is 0 Å². The molecule has 1 aromatic heterocycles. The Morgan fingerprint density at radius 1 is 0.589 bits per heavy atom. The molecule has 6 aromatic rings. The van der Waals surface area contributed by atoms with Crippen molar-refractivity contribution in [3.8, 4) is 34.5 Å². The molecular formula is C71H86N4O30S2. The summed E-state index contributed by atoms with van der Waals surface area (Å²) in [5.74, 6) is -4.27. The van der Waals surface area contributed by atoms with Crippen LogP contribution in [-0.4, -0.2) is 256 Å². The number of hydrogen-bond donors (Lipinski definition) is 9. The van der Waals surface area contributed by atoms with Gasteiger partial charge in [-0.3, -0.25) is 19.2 Å². The number of nitrogens with one attached hydrogen (secondary N) is 1. The molecule has 4 aliphatic rings. The fourth-order valence-electron chi connectivity index (χ4n) is 11.8. The van der Waals surface area contributed by atoms with Gasteiger partial charge in [-0.25, -0.2) is 13.1 Å². The summed E-state index contributed by atoms with van der Waals surface area (Å²) in [7, 11) is -8.70. The number of aliphatic hydroxyl groups excluding tert-OH is 8. The van der Waals surface area contributed by atoms with Gasteiger partial charge in [0.1, 0.15) is 67.5 Å². The number of aliphatic hydroxyl groups is 8. The summed E-state index contributed by atoms with van der Waals surface area (Å²) in [6.07, 6.45) is -13.1. The Balaban J connectivity index is 0.570. The molecule has 107 heavy (non-hydrogen) atoms. The van der Waals surface area contributed by atoms with Crippen LogP contribution in [0.3, 0.4) is 0 Å². The van der Waals surface area contributed by atoms with Crippen molar-refractivity contribution in [2.24, 2.45) is 0 Å². The number of benzene rings is 5. The monoisotopic (exact) mass is 1540 g/mol. The second-order valence-electron chi connectivity index (χ2n) is 25.2. The highest BCUT2D eigenvalue weighted by Gasteiger charge is 2.54. The fraction of sp³-hybridized carbons (Fsp3) is 0.493. The molecule has 4 heterocycles. The second kappa shape index (κ2) is 38.7. The predicted octanol–water partition coefficient (Wildman–Crippen LogP) is 1.37. The Morgan fingerprint density at radius 3 is 1.79 bits per heavy atom. The van der Waals surface area contributed by atoms with Gasteiger partial charge in [-0.05, 0) is 79.4 Å². The normalized spacial score (nSPS) is 21.8. The number of aryl methyl sites for hydroxylation is 1. The van der Waals surface area contributed by atoms with E-state index in [2.05, 4.69) is 15.6 Å². The molecule has 34 nitrogen and oxygen atoms in total. The molecule has 36 heteroatoms. The smallest absolute Gasteiger partial charge is 0.484 e. The van der Waals surface area contributed by atoms with Gasteiger partial charge in [0.05, 0.1) is 114 Å². The van der Waals surface area contributed by atoms with Crippen molar-refractivity contribution < 1.29 is 142 Å². The summed E-state index contributed by atoms with van der Waals surface area (Å²) in [6, 6.07) is 21.8. The van der Waals surface area contributed by atoms with E-state index in [0.717, 1.165) is 17.7 Å². The zero-order valence-electron chi connectivity index (χ0n) is 58.1. The third-order valence-corrected chi connectivity index (χ3v) is 20.1. The maximum absolute atomic E-state index is 13.6. The number of carbonyl (C=O) groups excluding carboxylic acids is 4. The number of nitrogens with zero attached hydrogens (tertiary/aromatic N) is 3. The van der Waals surface area contributed by atoms with Crippen molar-refractivity contribution in [1.82, 2.24) is 20.3 Å². The van der Waals surface area contributed by atoms with E-state index >= 15 is 0 Å². The van der Waals surface area contributed by atoms with Gasteiger partial charge >= 0.3 is 10.4 Å². The summed E-state index contributed by atoms with van der Waals surface area (Å²) in [5, 5.41) is 94.6. The highest BCUT2D eigenvalue weighted by Crippen LogP contribution is 2.51. The Morgan fingerprint density at radius 2 is 1.16 bits per heavy atom. The number of ketones is 3. The maximum atomic E-state index is 13.6. The summed E-state index contributed by atoms with van der Waals surface area (Å²) in [5.41, 5.74) is 2.75. The molecule has 1 saturated heterocycles. The lowest BCUT2D eigenvalue weighted by molar-refractivity contribution is -0.277. The molecule has 9 N–H and O–H groups in total. The highest BCUT2D eigenvalue weighted by molar-refractivity contribution is 7.91. The van der Waals surface area contributed by atoms with Gasteiger partial charge in [0, 0.05) is 55.1 Å². The van der Waals surface area contributed by atoms with E-state index in [1.165, 1.54) is 53.2 Å². The van der Waals surface area contributed by atoms with Crippen LogP contribution in [0, 0.1) is 6.92 Å². The van der Waals surface area contributed by atoms with Gasteiger partial charge in [-0.1, -0.05) is 59.3 Å². The number of sulfone groups is 1. The Bertz CT molecular complexity index is 4170. The van der Waals surface area contributed by atoms with Gasteiger partial charge in [0.2, 0.25) is 18.8 Å². The molecule has 11 atom stereocenters. The van der Waals surface area contributed by atoms with Crippen LogP contribution >= 0.6 is 0 Å². The molecule has 10 rings (SSSR count). The van der Waals surface area contributed by atoms with E-state index in [1.807, 2.05) is 6.92 Å². The van der Waals surface area contributed by atoms with Crippen LogP contribution in [0.15, 0.2) is 108 Å². The molecule has 1 saturated carbocycles. The molecule has 0 unspecified atom stereocenters. The standard InChI is InChI=1S/C71H86N4O30S2/c1-42-6-17-49(18-7-42)106(88,89)33-20-53(79)45-12-10-44(11-13-45)51(77)4-2-21-92-23-25-94-27-28-95-29-31-97-39-47-36-75(74-73-47)40-98-32-30-96-26-24-93-22-3-5-52(78)46-14-19-54(102-71-67(86)64(83)61(80)57(37-76)103-71)55(34-46)105-107(90,91)104-48-15-8-43(9-16-48)38-99-69-59-50(35-56-68(69)101-41-100-56)58-60(72-70(59)87)63(82)66(85)65(84)62(58)81/h6-19,34-36,57-58,60-67,71,76,80-86H,2-5,20-33,37-41H2,1H3,(H,72,87)/t57-,58-,60-,61+,62-,63+,64+,65+,66+,67-,71-/m1/s1. The Hall–Kier alpha value is -8.22. The summed E-state index contributed by atoms with van der Waals surface area (Å²) < 4.78 is 132. The van der Waals surface area contributed by atoms with Crippen LogP contribution in [0.25, 0.3) is 0 Å². The van der Waals surface area contributed by atoms with E-state index in [-0.39, 0.29) is 147 Å². The number of rotatable bonds is 44. The van der Waals surface area contributed by atoms with Crippen LogP contribution in [0.2, 0.25) is 0 Å². The lowest BCUT2D eigenvalue weighted by Crippen LogP contribution is -2.66. The van der Waals surface area contributed by atoms with Crippen LogP contribution in [0.5, 0.6) is 34.5 Å². The zero-order chi connectivity index (χ0) is 76.2. The minimum atomic E-state index is -5.10. The molecule has 1 amide bonds. The third kappa shape index (κ3) is 22.0. The van der Waals surface area contributed by atoms with Crippen molar-refractivity contribution in [1.29, 1.82) is 0 Å². The average Bonchev–Trinajstić information content (AvgIpc) is 1.08. The number of ether oxygens (including phenoxy) is 12. The maximum Gasteiger partial charge on any atom is 0.501 e. The first-order valence-corrected chi connectivity index (χ1v) is 37.4. The summed E-state index contributed by atoms with van der Waals surface area (Å²) >= 11 is 0. The second-order valence-corrected chi connectivity index (χ2v) is 28.5. The summed E-state index contributed by atoms with van der Waals surface area (Å²) in [6.45, 7) is 4.24. The quantitative estimate of drug-likeness (QED) is 0.0193. The van der Waals surface area contributed by atoms with Crippen LogP contribution < -0.4 is 32.6 Å². The minimum absolute atomic E-state index is 0.0435. The summed E-state index contributed by atoms with van der Waals surface area (Å²) in [4.78, 5) is 52.6. The van der Waals surface area contributed by atoms with Gasteiger partial charge < -0.3 is 111 Å². The van der Waals surface area contributed by atoms with Crippen LogP contribution in [-0.2, 0) is 78.1 Å². The van der Waals surface area contributed by atoms with Gasteiger partial charge in [-0.2, -0.15) is 0 Å². The van der Waals surface area contributed by atoms with Crippen LogP contribution in [0.4, 0.5) is 0 Å². The fourth-order valence-corrected chi connectivity index (χ4v) is 13.8. The molecule has 582 valence electrons. The number of carbonyl (C=O) groups is 4. The van der Waals surface area contributed by atoms with Crippen molar-refractivity contribution in [3.05, 3.63) is 148 Å². The largest absolute Gasteiger partial charge is 0.501 e. The lowest BCUT2D eigenvalue weighted by Gasteiger charge is -2.47. The van der Waals surface area contributed by atoms with E-state index in [9.17, 15) is 76.9 Å². The van der Waals surface area contributed by atoms with E-state index < -0.39 is 117 Å².